The van der Waals surface area contributed by atoms with Crippen LogP contribution >= 0.6 is 0 Å². The van der Waals surface area contributed by atoms with E-state index in [2.05, 4.69) is 24.5 Å². The Hall–Kier alpha value is -1.57. The largest absolute Gasteiger partial charge is 0.464 e. The molecule has 0 saturated heterocycles. The molecule has 0 fully saturated rings. The number of rotatable bonds is 3. The van der Waals surface area contributed by atoms with Crippen LogP contribution in [0.15, 0.2) is 34.9 Å². The Morgan fingerprint density at radius 2 is 2.00 bits per heavy atom. The fraction of sp³-hybridized carbons (Fsp3) is 0.357. The van der Waals surface area contributed by atoms with Crippen LogP contribution in [0.4, 0.5) is 0 Å². The molecule has 4 heteroatoms. The van der Waals surface area contributed by atoms with Crippen LogP contribution in [0, 0.1) is 6.57 Å². The Morgan fingerprint density at radius 3 is 2.61 bits per heavy atom. The maximum absolute atomic E-state index is 7.44. The van der Waals surface area contributed by atoms with Crippen molar-refractivity contribution in [3.05, 3.63) is 47.5 Å². The Balaban J connectivity index is 2.46. The molecule has 1 heterocycles. The first-order valence-electron chi connectivity index (χ1n) is 5.91. The second-order valence-corrected chi connectivity index (χ2v) is 9.91. The van der Waals surface area contributed by atoms with Gasteiger partial charge < -0.3 is 8.84 Å². The summed E-state index contributed by atoms with van der Waals surface area (Å²) in [7, 11) is -1.78. The topological polar surface area (TPSA) is 26.7 Å². The van der Waals surface area contributed by atoms with E-state index in [1.807, 2.05) is 31.2 Å². The molecule has 0 aliphatic heterocycles. The molecular weight excluding hydrogens is 242 g/mol. The molecule has 0 aliphatic rings. The van der Waals surface area contributed by atoms with Gasteiger partial charge in [-0.3, -0.25) is 4.85 Å². The third kappa shape index (κ3) is 2.47. The molecule has 2 aromatic rings. The zero-order valence-electron chi connectivity index (χ0n) is 11.2. The first-order chi connectivity index (χ1) is 8.34. The van der Waals surface area contributed by atoms with Crippen LogP contribution < -0.4 is 0 Å². The lowest BCUT2D eigenvalue weighted by atomic mass is 10.0. The summed E-state index contributed by atoms with van der Waals surface area (Å²) in [5.41, 5.74) is 0.809. The van der Waals surface area contributed by atoms with Gasteiger partial charge in [-0.25, -0.2) is 6.57 Å². The molecule has 1 unspecified atom stereocenters. The van der Waals surface area contributed by atoms with E-state index in [4.69, 9.17) is 15.4 Å². The average Bonchev–Trinajstić information content (AvgIpc) is 2.73. The van der Waals surface area contributed by atoms with Gasteiger partial charge in [0.2, 0.25) is 0 Å². The minimum atomic E-state index is -1.78. The van der Waals surface area contributed by atoms with Gasteiger partial charge in [-0.1, -0.05) is 0 Å². The summed E-state index contributed by atoms with van der Waals surface area (Å²) in [6.45, 7) is 15.5. The number of benzene rings is 1. The van der Waals surface area contributed by atoms with Crippen molar-refractivity contribution in [1.82, 2.24) is 0 Å². The van der Waals surface area contributed by atoms with Crippen molar-refractivity contribution in [2.75, 3.05) is 0 Å². The van der Waals surface area contributed by atoms with Gasteiger partial charge in [0.15, 0.2) is 8.32 Å². The fourth-order valence-electron chi connectivity index (χ4n) is 2.00. The molecule has 0 saturated carbocycles. The summed E-state index contributed by atoms with van der Waals surface area (Å²) >= 11 is 0. The lowest BCUT2D eigenvalue weighted by Crippen LogP contribution is -2.36. The monoisotopic (exact) mass is 259 g/mol. The molecule has 0 radical (unpaired) electrons. The van der Waals surface area contributed by atoms with E-state index in [-0.39, 0.29) is 0 Å². The van der Waals surface area contributed by atoms with Gasteiger partial charge >= 0.3 is 5.72 Å². The average molecular weight is 259 g/mol. The Kier molecular flexibility index (Phi) is 3.05. The van der Waals surface area contributed by atoms with E-state index >= 15 is 0 Å². The highest BCUT2D eigenvalue weighted by Crippen LogP contribution is 2.32. The normalized spacial score (nSPS) is 15.3. The van der Waals surface area contributed by atoms with Gasteiger partial charge in [-0.15, -0.1) is 0 Å². The molecule has 2 rings (SSSR count). The van der Waals surface area contributed by atoms with Crippen LogP contribution in [0.1, 0.15) is 12.5 Å². The standard InChI is InChI=1S/C14H17NO2Si/c1-14(15-2,17-18(3,4)5)12-6-7-13-11(10-12)8-9-16-13/h6-10H,1,3-5H3. The zero-order valence-corrected chi connectivity index (χ0v) is 12.2. The minimum Gasteiger partial charge on any atom is -0.464 e. The molecule has 1 aromatic heterocycles. The van der Waals surface area contributed by atoms with Gasteiger partial charge in [-0.2, -0.15) is 0 Å². The highest BCUT2D eigenvalue weighted by atomic mass is 28.4. The van der Waals surface area contributed by atoms with Crippen molar-refractivity contribution < 1.29 is 8.84 Å². The summed E-state index contributed by atoms with van der Waals surface area (Å²) in [4.78, 5) is 3.70. The first kappa shape index (κ1) is 12.9. The Bertz CT molecular complexity index is 606. The van der Waals surface area contributed by atoms with Gasteiger partial charge in [0, 0.05) is 12.3 Å². The number of hydrogen-bond acceptors (Lipinski definition) is 2. The summed E-state index contributed by atoms with van der Waals surface area (Å²) < 4.78 is 11.4. The Morgan fingerprint density at radius 1 is 1.28 bits per heavy atom. The molecule has 1 atom stereocenters. The van der Waals surface area contributed by atoms with Gasteiger partial charge in [0.1, 0.15) is 5.58 Å². The molecule has 0 aliphatic carbocycles. The zero-order chi connectivity index (χ0) is 13.4. The highest BCUT2D eigenvalue weighted by molar-refractivity contribution is 6.69. The second kappa shape index (κ2) is 4.27. The van der Waals surface area contributed by atoms with Crippen LogP contribution in [0.5, 0.6) is 0 Å². The van der Waals surface area contributed by atoms with Crippen molar-refractivity contribution in [3.8, 4) is 0 Å². The van der Waals surface area contributed by atoms with Crippen LogP contribution in [0.25, 0.3) is 15.8 Å². The lowest BCUT2D eigenvalue weighted by Gasteiger charge is -2.26. The number of hydrogen-bond donors (Lipinski definition) is 0. The van der Waals surface area contributed by atoms with Crippen molar-refractivity contribution >= 4 is 19.3 Å². The molecule has 0 amide bonds. The maximum Gasteiger partial charge on any atom is 0.352 e. The molecule has 0 N–H and O–H groups in total. The quantitative estimate of drug-likeness (QED) is 0.604. The summed E-state index contributed by atoms with van der Waals surface area (Å²) in [5.74, 6) is 0. The van der Waals surface area contributed by atoms with Crippen molar-refractivity contribution in [1.29, 1.82) is 0 Å². The molecular formula is C14H17NO2Si. The SMILES string of the molecule is [C-]#[N+]C(C)(O[Si](C)(C)C)c1ccc2occc2c1. The fourth-order valence-corrected chi connectivity index (χ4v) is 3.35. The van der Waals surface area contributed by atoms with Crippen LogP contribution in [0.3, 0.4) is 0 Å². The molecule has 0 spiro atoms. The van der Waals surface area contributed by atoms with E-state index in [0.29, 0.717) is 0 Å². The molecule has 0 bridgehead atoms. The predicted octanol–water partition coefficient (Wildman–Crippen LogP) is 4.38. The van der Waals surface area contributed by atoms with Crippen molar-refractivity contribution in [2.24, 2.45) is 0 Å². The summed E-state index contributed by atoms with van der Waals surface area (Å²) in [6, 6.07) is 7.67. The summed E-state index contributed by atoms with van der Waals surface area (Å²) in [5, 5.41) is 1.00. The third-order valence-corrected chi connectivity index (χ3v) is 3.72. The van der Waals surface area contributed by atoms with E-state index < -0.39 is 14.0 Å². The second-order valence-electron chi connectivity index (χ2n) is 5.48. The summed E-state index contributed by atoms with van der Waals surface area (Å²) in [6.07, 6.45) is 1.66. The molecule has 3 nitrogen and oxygen atoms in total. The lowest BCUT2D eigenvalue weighted by molar-refractivity contribution is 0.130. The smallest absolute Gasteiger partial charge is 0.352 e. The molecule has 94 valence electrons. The van der Waals surface area contributed by atoms with E-state index in [9.17, 15) is 0 Å². The Labute approximate surface area is 108 Å². The van der Waals surface area contributed by atoms with Crippen LogP contribution in [-0.4, -0.2) is 8.32 Å². The van der Waals surface area contributed by atoms with Gasteiger partial charge in [-0.05, 0) is 43.9 Å². The highest BCUT2D eigenvalue weighted by Gasteiger charge is 2.39. The number of nitrogens with zero attached hydrogens (tertiary/aromatic N) is 1. The first-order valence-corrected chi connectivity index (χ1v) is 9.31. The van der Waals surface area contributed by atoms with E-state index in [1.165, 1.54) is 0 Å². The maximum atomic E-state index is 7.44. The van der Waals surface area contributed by atoms with E-state index in [1.54, 1.807) is 6.26 Å². The van der Waals surface area contributed by atoms with Crippen LogP contribution in [-0.2, 0) is 10.2 Å². The number of fused-ring (bicyclic) bond motifs is 1. The minimum absolute atomic E-state index is 0.832. The predicted molar refractivity (Wildman–Crippen MR) is 74.6 cm³/mol. The van der Waals surface area contributed by atoms with Gasteiger partial charge in [0.25, 0.3) is 0 Å². The van der Waals surface area contributed by atoms with Gasteiger partial charge in [0.05, 0.1) is 11.8 Å². The van der Waals surface area contributed by atoms with Crippen molar-refractivity contribution in [2.45, 2.75) is 32.3 Å². The molecule has 1 aromatic carbocycles. The number of furan rings is 1. The van der Waals surface area contributed by atoms with Crippen LogP contribution in [0.2, 0.25) is 19.6 Å². The van der Waals surface area contributed by atoms with E-state index in [0.717, 1.165) is 16.5 Å². The van der Waals surface area contributed by atoms with Crippen molar-refractivity contribution in [3.63, 3.8) is 0 Å². The third-order valence-electron chi connectivity index (χ3n) is 2.71. The molecule has 18 heavy (non-hydrogen) atoms.